The summed E-state index contributed by atoms with van der Waals surface area (Å²) < 4.78 is 26.3. The number of halogens is 2. The van der Waals surface area contributed by atoms with Gasteiger partial charge < -0.3 is 10.2 Å². The van der Waals surface area contributed by atoms with Crippen molar-refractivity contribution in [3.05, 3.63) is 63.1 Å². The minimum absolute atomic E-state index is 0.0460. The largest absolute Gasteiger partial charge is 0.354 e. The summed E-state index contributed by atoms with van der Waals surface area (Å²) in [5.41, 5.74) is 3.15. The molecular weight excluding hydrogens is 521 g/mol. The molecule has 2 aromatic carbocycles. The van der Waals surface area contributed by atoms with E-state index < -0.39 is 16.1 Å². The quantitative estimate of drug-likeness (QED) is 0.394. The summed E-state index contributed by atoms with van der Waals surface area (Å²) in [4.78, 5) is 27.5. The molecule has 0 fully saturated rings. The number of sulfonamides is 1. The van der Waals surface area contributed by atoms with Crippen LogP contribution in [-0.4, -0.2) is 50.5 Å². The van der Waals surface area contributed by atoms with Gasteiger partial charge in [-0.2, -0.15) is 0 Å². The molecule has 2 amide bonds. The molecule has 36 heavy (non-hydrogen) atoms. The number of anilines is 1. The Hall–Kier alpha value is -2.29. The highest BCUT2D eigenvalue weighted by atomic mass is 35.5. The third kappa shape index (κ3) is 8.11. The van der Waals surface area contributed by atoms with Gasteiger partial charge in [0, 0.05) is 41.7 Å². The topological polar surface area (TPSA) is 86.8 Å². The molecular formula is C26H35Cl2N3O4S. The van der Waals surface area contributed by atoms with Crippen LogP contribution in [0.25, 0.3) is 0 Å². The Labute approximate surface area is 224 Å². The summed E-state index contributed by atoms with van der Waals surface area (Å²) in [6.45, 7) is 8.17. The van der Waals surface area contributed by atoms with E-state index in [1.807, 2.05) is 32.9 Å². The number of carbonyl (C=O) groups excluding carboxylic acids is 2. The molecule has 0 saturated carbocycles. The SMILES string of the molecule is CCCNC(=O)[C@@H](C)N(Cc1c(Cl)cccc1Cl)C(=O)CCCN(c1ccc(C)c(C)c1)S(C)(=O)=O. The average molecular weight is 557 g/mol. The number of benzene rings is 2. The van der Waals surface area contributed by atoms with Crippen LogP contribution < -0.4 is 9.62 Å². The number of carbonyl (C=O) groups is 2. The smallest absolute Gasteiger partial charge is 0.242 e. The zero-order valence-electron chi connectivity index (χ0n) is 21.5. The van der Waals surface area contributed by atoms with E-state index in [0.717, 1.165) is 23.8 Å². The summed E-state index contributed by atoms with van der Waals surface area (Å²) in [6, 6.07) is 9.77. The molecule has 0 bridgehead atoms. The average Bonchev–Trinajstić information content (AvgIpc) is 2.80. The molecule has 7 nitrogen and oxygen atoms in total. The fourth-order valence-electron chi connectivity index (χ4n) is 3.72. The molecule has 198 valence electrons. The highest BCUT2D eigenvalue weighted by molar-refractivity contribution is 7.92. The van der Waals surface area contributed by atoms with Crippen molar-refractivity contribution in [3.63, 3.8) is 0 Å². The number of amides is 2. The van der Waals surface area contributed by atoms with Crippen molar-refractivity contribution in [2.24, 2.45) is 0 Å². The lowest BCUT2D eigenvalue weighted by molar-refractivity contribution is -0.140. The first kappa shape index (κ1) is 29.9. The maximum absolute atomic E-state index is 13.3. The van der Waals surface area contributed by atoms with Crippen molar-refractivity contribution in [3.8, 4) is 0 Å². The van der Waals surface area contributed by atoms with E-state index >= 15 is 0 Å². The molecule has 0 radical (unpaired) electrons. The van der Waals surface area contributed by atoms with Crippen LogP contribution in [0.2, 0.25) is 10.0 Å². The molecule has 2 aromatic rings. The second kappa shape index (κ2) is 13.3. The second-order valence-electron chi connectivity index (χ2n) is 8.90. The first-order chi connectivity index (χ1) is 16.9. The molecule has 0 aliphatic carbocycles. The number of hydrogen-bond acceptors (Lipinski definition) is 4. The molecule has 1 N–H and O–H groups in total. The lowest BCUT2D eigenvalue weighted by Crippen LogP contribution is -2.48. The van der Waals surface area contributed by atoms with Crippen molar-refractivity contribution < 1.29 is 18.0 Å². The van der Waals surface area contributed by atoms with Crippen molar-refractivity contribution in [2.75, 3.05) is 23.7 Å². The monoisotopic (exact) mass is 555 g/mol. The molecule has 0 heterocycles. The van der Waals surface area contributed by atoms with Gasteiger partial charge in [-0.25, -0.2) is 8.42 Å². The van der Waals surface area contributed by atoms with Gasteiger partial charge >= 0.3 is 0 Å². The molecule has 2 rings (SSSR count). The molecule has 1 atom stereocenters. The standard InChI is InChI=1S/C26H35Cl2N3O4S/c1-6-14-29-26(33)20(4)30(17-22-23(27)9-7-10-24(22)28)25(32)11-8-15-31(36(5,34)35)21-13-12-18(2)19(3)16-21/h7,9-10,12-13,16,20H,6,8,11,14-15,17H2,1-5H3,(H,29,33)/t20-/m1/s1. The molecule has 0 aromatic heterocycles. The van der Waals surface area contributed by atoms with Crippen molar-refractivity contribution >= 4 is 50.7 Å². The van der Waals surface area contributed by atoms with Gasteiger partial charge in [0.25, 0.3) is 0 Å². The third-order valence-corrected chi connectivity index (χ3v) is 7.94. The van der Waals surface area contributed by atoms with Gasteiger partial charge in [-0.05, 0) is 69.0 Å². The van der Waals surface area contributed by atoms with Crippen LogP contribution >= 0.6 is 23.2 Å². The predicted octanol–water partition coefficient (Wildman–Crippen LogP) is 5.10. The molecule has 0 aliphatic heterocycles. The van der Waals surface area contributed by atoms with Crippen LogP contribution in [0.5, 0.6) is 0 Å². The number of hydrogen-bond donors (Lipinski definition) is 1. The third-order valence-electron chi connectivity index (χ3n) is 6.04. The molecule has 0 spiro atoms. The molecule has 0 saturated heterocycles. The van der Waals surface area contributed by atoms with Gasteiger partial charge in [-0.15, -0.1) is 0 Å². The highest BCUT2D eigenvalue weighted by Crippen LogP contribution is 2.27. The Morgan fingerprint density at radius 2 is 1.69 bits per heavy atom. The van der Waals surface area contributed by atoms with Gasteiger partial charge in [0.1, 0.15) is 6.04 Å². The maximum atomic E-state index is 13.3. The van der Waals surface area contributed by atoms with Gasteiger partial charge in [-0.3, -0.25) is 13.9 Å². The van der Waals surface area contributed by atoms with Crippen LogP contribution in [0, 0.1) is 13.8 Å². The summed E-state index contributed by atoms with van der Waals surface area (Å²) in [7, 11) is -3.56. The first-order valence-corrected chi connectivity index (χ1v) is 14.5. The second-order valence-corrected chi connectivity index (χ2v) is 11.6. The lowest BCUT2D eigenvalue weighted by Gasteiger charge is -2.30. The van der Waals surface area contributed by atoms with E-state index in [9.17, 15) is 18.0 Å². The van der Waals surface area contributed by atoms with Crippen molar-refractivity contribution in [2.45, 2.75) is 59.5 Å². The van der Waals surface area contributed by atoms with Crippen LogP contribution in [0.4, 0.5) is 5.69 Å². The Morgan fingerprint density at radius 1 is 1.06 bits per heavy atom. The Balaban J connectivity index is 2.22. The summed E-state index contributed by atoms with van der Waals surface area (Å²) >= 11 is 12.7. The van der Waals surface area contributed by atoms with E-state index in [2.05, 4.69) is 5.32 Å². The zero-order chi connectivity index (χ0) is 27.0. The van der Waals surface area contributed by atoms with Gasteiger partial charge in [0.05, 0.1) is 11.9 Å². The zero-order valence-corrected chi connectivity index (χ0v) is 23.8. The minimum Gasteiger partial charge on any atom is -0.354 e. The first-order valence-electron chi connectivity index (χ1n) is 11.9. The Bertz CT molecular complexity index is 1170. The molecule has 10 heteroatoms. The van der Waals surface area contributed by atoms with E-state index in [4.69, 9.17) is 23.2 Å². The summed E-state index contributed by atoms with van der Waals surface area (Å²) in [6.07, 6.45) is 2.23. The summed E-state index contributed by atoms with van der Waals surface area (Å²) in [5.74, 6) is -0.569. The van der Waals surface area contributed by atoms with E-state index in [0.29, 0.717) is 27.8 Å². The molecule has 0 unspecified atom stereocenters. The lowest BCUT2D eigenvalue weighted by atomic mass is 10.1. The Kier molecular flexibility index (Phi) is 11.1. The van der Waals surface area contributed by atoms with E-state index in [1.165, 1.54) is 9.21 Å². The number of nitrogens with zero attached hydrogens (tertiary/aromatic N) is 2. The predicted molar refractivity (Wildman–Crippen MR) is 147 cm³/mol. The van der Waals surface area contributed by atoms with Gasteiger partial charge in [0.15, 0.2) is 0 Å². The van der Waals surface area contributed by atoms with Gasteiger partial charge in [0.2, 0.25) is 21.8 Å². The summed E-state index contributed by atoms with van der Waals surface area (Å²) in [5, 5.41) is 3.63. The van der Waals surface area contributed by atoms with Crippen molar-refractivity contribution in [1.82, 2.24) is 10.2 Å². The highest BCUT2D eigenvalue weighted by Gasteiger charge is 2.27. The fourth-order valence-corrected chi connectivity index (χ4v) is 5.19. The van der Waals surface area contributed by atoms with Gasteiger partial charge in [-0.1, -0.05) is 42.3 Å². The van der Waals surface area contributed by atoms with Crippen LogP contribution in [0.15, 0.2) is 36.4 Å². The van der Waals surface area contributed by atoms with E-state index in [1.54, 1.807) is 31.2 Å². The van der Waals surface area contributed by atoms with Crippen LogP contribution in [0.1, 0.15) is 49.8 Å². The van der Waals surface area contributed by atoms with Crippen molar-refractivity contribution in [1.29, 1.82) is 0 Å². The van der Waals surface area contributed by atoms with Crippen LogP contribution in [0.3, 0.4) is 0 Å². The van der Waals surface area contributed by atoms with Crippen LogP contribution in [-0.2, 0) is 26.2 Å². The maximum Gasteiger partial charge on any atom is 0.242 e. The number of aryl methyl sites for hydroxylation is 2. The molecule has 0 aliphatic rings. The van der Waals surface area contributed by atoms with E-state index in [-0.39, 0.29) is 37.7 Å². The number of nitrogens with one attached hydrogen (secondary N) is 1. The minimum atomic E-state index is -3.56. The normalized spacial score (nSPS) is 12.2. The Morgan fingerprint density at radius 3 is 2.25 bits per heavy atom. The number of rotatable bonds is 12. The fraction of sp³-hybridized carbons (Fsp3) is 0.462.